The van der Waals surface area contributed by atoms with Gasteiger partial charge in [0.1, 0.15) is 11.6 Å². The third-order valence-electron chi connectivity index (χ3n) is 4.84. The van der Waals surface area contributed by atoms with E-state index in [0.717, 1.165) is 5.56 Å². The van der Waals surface area contributed by atoms with Crippen molar-refractivity contribution in [3.8, 4) is 0 Å². The highest BCUT2D eigenvalue weighted by molar-refractivity contribution is 6.04. The van der Waals surface area contributed by atoms with E-state index in [2.05, 4.69) is 15.6 Å². The van der Waals surface area contributed by atoms with E-state index >= 15 is 0 Å². The Morgan fingerprint density at radius 3 is 2.64 bits per heavy atom. The molecule has 134 valence electrons. The number of aromatic nitrogens is 1. The number of nitrogens with one attached hydrogen (secondary N) is 2. The highest BCUT2D eigenvalue weighted by Crippen LogP contribution is 2.31. The molecule has 8 heteroatoms. The molecule has 3 N–H and O–H groups in total. The predicted molar refractivity (Wildman–Crippen MR) is 88.4 cm³/mol. The van der Waals surface area contributed by atoms with E-state index in [1.807, 2.05) is 19.1 Å². The number of aryl methyl sites for hydroxylation is 1. The van der Waals surface area contributed by atoms with Crippen LogP contribution in [0.1, 0.15) is 36.9 Å². The normalized spacial score (nSPS) is 22.5. The maximum atomic E-state index is 12.3. The van der Waals surface area contributed by atoms with Crippen LogP contribution in [0.4, 0.5) is 4.79 Å². The largest absolute Gasteiger partial charge is 0.383 e. The molecule has 4 amide bonds. The number of likely N-dealkylation sites (tertiary alicyclic amines) is 1. The van der Waals surface area contributed by atoms with E-state index in [0.29, 0.717) is 31.6 Å². The van der Waals surface area contributed by atoms with Crippen LogP contribution >= 0.6 is 0 Å². The number of hydrogen-bond donors (Lipinski definition) is 3. The number of hydrogen-bond acceptors (Lipinski definition) is 5. The van der Waals surface area contributed by atoms with Crippen molar-refractivity contribution in [3.63, 3.8) is 0 Å². The summed E-state index contributed by atoms with van der Waals surface area (Å²) in [5, 5.41) is 15.4. The Kier molecular flexibility index (Phi) is 4.71. The lowest BCUT2D eigenvalue weighted by Crippen LogP contribution is -2.45. The number of amides is 4. The Labute approximate surface area is 145 Å². The van der Waals surface area contributed by atoms with Gasteiger partial charge >= 0.3 is 6.03 Å². The number of aliphatic hydroxyl groups is 1. The minimum absolute atomic E-state index is 0.0761. The van der Waals surface area contributed by atoms with Crippen molar-refractivity contribution in [2.45, 2.75) is 44.2 Å². The molecule has 8 nitrogen and oxygen atoms in total. The average molecular weight is 346 g/mol. The van der Waals surface area contributed by atoms with E-state index in [1.54, 1.807) is 11.1 Å². The number of carbonyl (C=O) groups is 3. The second kappa shape index (κ2) is 6.79. The van der Waals surface area contributed by atoms with Gasteiger partial charge in [-0.05, 0) is 37.8 Å². The van der Waals surface area contributed by atoms with Crippen LogP contribution in [0.3, 0.4) is 0 Å². The van der Waals surface area contributed by atoms with Crippen LogP contribution in [-0.4, -0.2) is 52.0 Å². The lowest BCUT2D eigenvalue weighted by molar-refractivity contribution is -0.136. The Hall–Kier alpha value is -2.48. The van der Waals surface area contributed by atoms with Crippen molar-refractivity contribution in [3.05, 3.63) is 29.6 Å². The molecular formula is C17H22N4O4. The molecule has 0 bridgehead atoms. The summed E-state index contributed by atoms with van der Waals surface area (Å²) < 4.78 is 0. The molecule has 0 saturated carbocycles. The number of imide groups is 1. The first-order valence-electron chi connectivity index (χ1n) is 8.42. The summed E-state index contributed by atoms with van der Waals surface area (Å²) in [6.07, 6.45) is 3.03. The zero-order chi connectivity index (χ0) is 18.0. The molecule has 2 fully saturated rings. The molecule has 0 aliphatic carbocycles. The predicted octanol–water partition coefficient (Wildman–Crippen LogP) is 0.188. The molecule has 3 heterocycles. The standard InChI is InChI=1S/C17H22N4O4/c1-11-2-4-13(18-10-11)17(25)6-8-21(9-7-17)14(22)5-3-12-15(23)20-16(24)19-12/h2,4,10,12,25H,3,5-9H2,1H3,(H2,19,20,23,24). The SMILES string of the molecule is Cc1ccc(C2(O)CCN(C(=O)CCC3NC(=O)NC3=O)CC2)nc1. The fraction of sp³-hybridized carbons (Fsp3) is 0.529. The van der Waals surface area contributed by atoms with E-state index in [1.165, 1.54) is 0 Å². The van der Waals surface area contributed by atoms with Crippen molar-refractivity contribution < 1.29 is 19.5 Å². The number of pyridine rings is 1. The van der Waals surface area contributed by atoms with Gasteiger partial charge in [-0.25, -0.2) is 4.79 Å². The van der Waals surface area contributed by atoms with Gasteiger partial charge in [-0.15, -0.1) is 0 Å². The summed E-state index contributed by atoms with van der Waals surface area (Å²) in [5.41, 5.74) is 0.655. The molecule has 0 aromatic carbocycles. The van der Waals surface area contributed by atoms with Gasteiger partial charge in [-0.1, -0.05) is 6.07 Å². The Balaban J connectivity index is 1.51. The Morgan fingerprint density at radius 2 is 2.08 bits per heavy atom. The van der Waals surface area contributed by atoms with Gasteiger partial charge in [0.05, 0.1) is 5.69 Å². The van der Waals surface area contributed by atoms with Crippen LogP contribution in [-0.2, 0) is 15.2 Å². The first-order chi connectivity index (χ1) is 11.9. The second-order valence-electron chi connectivity index (χ2n) is 6.69. The first kappa shape index (κ1) is 17.3. The minimum Gasteiger partial charge on any atom is -0.383 e. The van der Waals surface area contributed by atoms with Gasteiger partial charge in [0.25, 0.3) is 5.91 Å². The molecule has 0 spiro atoms. The smallest absolute Gasteiger partial charge is 0.322 e. The molecular weight excluding hydrogens is 324 g/mol. The van der Waals surface area contributed by atoms with Gasteiger partial charge in [-0.2, -0.15) is 0 Å². The summed E-state index contributed by atoms with van der Waals surface area (Å²) in [7, 11) is 0. The Morgan fingerprint density at radius 1 is 1.36 bits per heavy atom. The molecule has 1 aromatic rings. The topological polar surface area (TPSA) is 112 Å². The molecule has 2 aliphatic rings. The fourth-order valence-corrected chi connectivity index (χ4v) is 3.21. The third-order valence-corrected chi connectivity index (χ3v) is 4.84. The van der Waals surface area contributed by atoms with E-state index < -0.39 is 23.6 Å². The van der Waals surface area contributed by atoms with Crippen molar-refractivity contribution in [1.29, 1.82) is 0 Å². The number of rotatable bonds is 4. The lowest BCUT2D eigenvalue weighted by Gasteiger charge is -2.38. The summed E-state index contributed by atoms with van der Waals surface area (Å²) >= 11 is 0. The molecule has 0 radical (unpaired) electrons. The summed E-state index contributed by atoms with van der Waals surface area (Å²) in [6.45, 7) is 2.82. The number of carbonyl (C=O) groups excluding carboxylic acids is 3. The van der Waals surface area contributed by atoms with Crippen molar-refractivity contribution >= 4 is 17.8 Å². The highest BCUT2D eigenvalue weighted by Gasteiger charge is 2.37. The van der Waals surface area contributed by atoms with Crippen LogP contribution < -0.4 is 10.6 Å². The first-order valence-corrected chi connectivity index (χ1v) is 8.42. The molecule has 25 heavy (non-hydrogen) atoms. The number of piperidine rings is 1. The minimum atomic E-state index is -1.01. The van der Waals surface area contributed by atoms with Crippen LogP contribution in [0, 0.1) is 6.92 Å². The molecule has 1 atom stereocenters. The monoisotopic (exact) mass is 346 g/mol. The zero-order valence-corrected chi connectivity index (χ0v) is 14.1. The Bertz CT molecular complexity index is 680. The van der Waals surface area contributed by atoms with E-state index in [4.69, 9.17) is 0 Å². The second-order valence-corrected chi connectivity index (χ2v) is 6.69. The maximum Gasteiger partial charge on any atom is 0.322 e. The van der Waals surface area contributed by atoms with E-state index in [-0.39, 0.29) is 18.7 Å². The third kappa shape index (κ3) is 3.79. The quantitative estimate of drug-likeness (QED) is 0.674. The lowest BCUT2D eigenvalue weighted by atomic mass is 9.87. The summed E-state index contributed by atoms with van der Waals surface area (Å²) in [6, 6.07) is 2.58. The molecule has 1 unspecified atom stereocenters. The van der Waals surface area contributed by atoms with Gasteiger partial charge < -0.3 is 15.3 Å². The summed E-state index contributed by atoms with van der Waals surface area (Å²) in [4.78, 5) is 40.9. The number of nitrogens with zero attached hydrogens (tertiary/aromatic N) is 2. The summed E-state index contributed by atoms with van der Waals surface area (Å²) in [5.74, 6) is -0.468. The average Bonchev–Trinajstić information content (AvgIpc) is 2.91. The maximum absolute atomic E-state index is 12.3. The highest BCUT2D eigenvalue weighted by atomic mass is 16.3. The van der Waals surface area contributed by atoms with Crippen molar-refractivity contribution in [2.75, 3.05) is 13.1 Å². The fourth-order valence-electron chi connectivity index (χ4n) is 3.21. The molecule has 2 aliphatic heterocycles. The molecule has 1 aromatic heterocycles. The van der Waals surface area contributed by atoms with Crippen molar-refractivity contribution in [2.24, 2.45) is 0 Å². The molecule has 2 saturated heterocycles. The van der Waals surface area contributed by atoms with Crippen LogP contribution in [0.5, 0.6) is 0 Å². The number of urea groups is 1. The van der Waals surface area contributed by atoms with Gasteiger partial charge in [-0.3, -0.25) is 19.9 Å². The van der Waals surface area contributed by atoms with Crippen molar-refractivity contribution in [1.82, 2.24) is 20.5 Å². The van der Waals surface area contributed by atoms with Gasteiger partial charge in [0.15, 0.2) is 0 Å². The van der Waals surface area contributed by atoms with Crippen LogP contribution in [0.25, 0.3) is 0 Å². The molecule has 3 rings (SSSR count). The van der Waals surface area contributed by atoms with Gasteiger partial charge in [0, 0.05) is 25.7 Å². The van der Waals surface area contributed by atoms with Gasteiger partial charge in [0.2, 0.25) is 5.91 Å². The van der Waals surface area contributed by atoms with Crippen LogP contribution in [0.2, 0.25) is 0 Å². The van der Waals surface area contributed by atoms with E-state index in [9.17, 15) is 19.5 Å². The van der Waals surface area contributed by atoms with Crippen LogP contribution in [0.15, 0.2) is 18.3 Å². The zero-order valence-electron chi connectivity index (χ0n) is 14.1.